The van der Waals surface area contributed by atoms with Gasteiger partial charge in [0.25, 0.3) is 0 Å². The molecule has 1 aliphatic heterocycles. The minimum absolute atomic E-state index is 0.267. The van der Waals surface area contributed by atoms with Gasteiger partial charge in [0.2, 0.25) is 0 Å². The largest absolute Gasteiger partial charge is 0.508 e. The highest BCUT2D eigenvalue weighted by molar-refractivity contribution is 5.44. The van der Waals surface area contributed by atoms with Gasteiger partial charge in [-0.05, 0) is 56.0 Å². The third-order valence-corrected chi connectivity index (χ3v) is 3.28. The number of benzene rings is 1. The van der Waals surface area contributed by atoms with E-state index in [0.717, 1.165) is 30.5 Å². The average Bonchev–Trinajstić information content (AvgIpc) is 2.27. The second-order valence-electron chi connectivity index (χ2n) is 4.62. The second kappa shape index (κ2) is 4.74. The van der Waals surface area contributed by atoms with Crippen LogP contribution < -0.4 is 5.32 Å². The summed E-state index contributed by atoms with van der Waals surface area (Å²) in [5.74, 6) is 0.561. The lowest BCUT2D eigenvalue weighted by Crippen LogP contribution is -2.35. The lowest BCUT2D eigenvalue weighted by atomic mass is 9.96. The van der Waals surface area contributed by atoms with E-state index in [2.05, 4.69) is 5.32 Å². The van der Waals surface area contributed by atoms with Crippen molar-refractivity contribution in [2.45, 2.75) is 38.6 Å². The van der Waals surface area contributed by atoms with Gasteiger partial charge in [-0.3, -0.25) is 0 Å². The van der Waals surface area contributed by atoms with E-state index in [1.807, 2.05) is 0 Å². The van der Waals surface area contributed by atoms with Crippen LogP contribution in [0.5, 0.6) is 11.5 Å². The number of aryl methyl sites for hydroxylation is 1. The van der Waals surface area contributed by atoms with Crippen LogP contribution >= 0.6 is 0 Å². The standard InChI is InChI=1S/C13H19NO2/c1-9-6-13(16)10(8-12(9)15)7-11-4-2-3-5-14-11/h6,8,11,14-16H,2-5,7H2,1H3. The predicted octanol–water partition coefficient (Wildman–Crippen LogP) is 2.09. The van der Waals surface area contributed by atoms with Crippen LogP contribution in [0.4, 0.5) is 0 Å². The maximum atomic E-state index is 9.81. The fraction of sp³-hybridized carbons (Fsp3) is 0.538. The molecule has 0 saturated carbocycles. The molecule has 1 unspecified atom stereocenters. The highest BCUT2D eigenvalue weighted by atomic mass is 16.3. The van der Waals surface area contributed by atoms with Crippen molar-refractivity contribution in [1.29, 1.82) is 0 Å². The molecule has 2 rings (SSSR count). The topological polar surface area (TPSA) is 52.5 Å². The van der Waals surface area contributed by atoms with E-state index in [1.54, 1.807) is 19.1 Å². The number of phenolic OH excluding ortho intramolecular Hbond substituents is 2. The Morgan fingerprint density at radius 2 is 2.06 bits per heavy atom. The first-order valence-electron chi connectivity index (χ1n) is 5.91. The first-order chi connectivity index (χ1) is 7.66. The minimum Gasteiger partial charge on any atom is -0.508 e. The number of nitrogens with one attached hydrogen (secondary N) is 1. The van der Waals surface area contributed by atoms with Crippen molar-refractivity contribution >= 4 is 0 Å². The van der Waals surface area contributed by atoms with E-state index >= 15 is 0 Å². The Morgan fingerprint density at radius 3 is 2.75 bits per heavy atom. The molecular weight excluding hydrogens is 202 g/mol. The molecule has 1 atom stereocenters. The van der Waals surface area contributed by atoms with Gasteiger partial charge >= 0.3 is 0 Å². The highest BCUT2D eigenvalue weighted by Gasteiger charge is 2.15. The lowest BCUT2D eigenvalue weighted by molar-refractivity contribution is 0.390. The predicted molar refractivity (Wildman–Crippen MR) is 63.9 cm³/mol. The zero-order valence-corrected chi connectivity index (χ0v) is 9.66. The highest BCUT2D eigenvalue weighted by Crippen LogP contribution is 2.28. The third-order valence-electron chi connectivity index (χ3n) is 3.28. The Kier molecular flexibility index (Phi) is 3.34. The molecule has 3 nitrogen and oxygen atoms in total. The normalized spacial score (nSPS) is 20.9. The number of hydrogen-bond donors (Lipinski definition) is 3. The SMILES string of the molecule is Cc1cc(O)c(CC2CCCCN2)cc1O. The monoisotopic (exact) mass is 221 g/mol. The van der Waals surface area contributed by atoms with Gasteiger partial charge in [-0.15, -0.1) is 0 Å². The van der Waals surface area contributed by atoms with Crippen molar-refractivity contribution in [2.75, 3.05) is 6.54 Å². The maximum absolute atomic E-state index is 9.81. The van der Waals surface area contributed by atoms with Crippen LogP contribution in [0, 0.1) is 6.92 Å². The van der Waals surface area contributed by atoms with Crippen molar-refractivity contribution in [1.82, 2.24) is 5.32 Å². The average molecular weight is 221 g/mol. The molecule has 0 aliphatic carbocycles. The summed E-state index contributed by atoms with van der Waals surface area (Å²) in [7, 11) is 0. The molecule has 88 valence electrons. The zero-order chi connectivity index (χ0) is 11.5. The number of phenols is 2. The van der Waals surface area contributed by atoms with Gasteiger partial charge in [-0.1, -0.05) is 6.42 Å². The summed E-state index contributed by atoms with van der Waals surface area (Å²) in [4.78, 5) is 0. The summed E-state index contributed by atoms with van der Waals surface area (Å²) in [5, 5.41) is 22.9. The Labute approximate surface area is 96.1 Å². The second-order valence-corrected chi connectivity index (χ2v) is 4.62. The van der Waals surface area contributed by atoms with E-state index in [-0.39, 0.29) is 5.75 Å². The molecule has 1 aliphatic rings. The minimum atomic E-state index is 0.267. The quantitative estimate of drug-likeness (QED) is 0.670. The molecule has 0 bridgehead atoms. The number of aromatic hydroxyl groups is 2. The summed E-state index contributed by atoms with van der Waals surface area (Å²) >= 11 is 0. The Balaban J connectivity index is 2.11. The molecule has 1 fully saturated rings. The van der Waals surface area contributed by atoms with Crippen molar-refractivity contribution < 1.29 is 10.2 Å². The van der Waals surface area contributed by atoms with Crippen LogP contribution in [-0.4, -0.2) is 22.8 Å². The molecular formula is C13H19NO2. The Hall–Kier alpha value is -1.22. The van der Waals surface area contributed by atoms with Crippen molar-refractivity contribution in [3.63, 3.8) is 0 Å². The number of rotatable bonds is 2. The smallest absolute Gasteiger partial charge is 0.119 e. The summed E-state index contributed by atoms with van der Waals surface area (Å²) in [6, 6.07) is 3.75. The van der Waals surface area contributed by atoms with Gasteiger partial charge in [0, 0.05) is 6.04 Å². The molecule has 0 radical (unpaired) electrons. The van der Waals surface area contributed by atoms with E-state index < -0.39 is 0 Å². The summed E-state index contributed by atoms with van der Waals surface area (Å²) in [5.41, 5.74) is 1.56. The van der Waals surface area contributed by atoms with Gasteiger partial charge < -0.3 is 15.5 Å². The molecule has 1 heterocycles. The molecule has 1 saturated heterocycles. The summed E-state index contributed by atoms with van der Waals surface area (Å²) in [6.45, 7) is 2.85. The summed E-state index contributed by atoms with van der Waals surface area (Å²) in [6.07, 6.45) is 4.42. The van der Waals surface area contributed by atoms with Gasteiger partial charge in [-0.25, -0.2) is 0 Å². The maximum Gasteiger partial charge on any atom is 0.119 e. The zero-order valence-electron chi connectivity index (χ0n) is 9.66. The van der Waals surface area contributed by atoms with Crippen molar-refractivity contribution in [2.24, 2.45) is 0 Å². The molecule has 16 heavy (non-hydrogen) atoms. The number of piperidine rings is 1. The fourth-order valence-corrected chi connectivity index (χ4v) is 2.25. The third kappa shape index (κ3) is 2.47. The van der Waals surface area contributed by atoms with Gasteiger partial charge in [0.1, 0.15) is 11.5 Å². The van der Waals surface area contributed by atoms with E-state index in [4.69, 9.17) is 0 Å². The van der Waals surface area contributed by atoms with Gasteiger partial charge in [0.05, 0.1) is 0 Å². The first-order valence-corrected chi connectivity index (χ1v) is 5.91. The molecule has 0 spiro atoms. The van der Waals surface area contributed by atoms with Crippen LogP contribution in [0.2, 0.25) is 0 Å². The Bertz CT molecular complexity index is 370. The molecule has 1 aromatic carbocycles. The molecule has 3 heteroatoms. The molecule has 3 N–H and O–H groups in total. The van der Waals surface area contributed by atoms with Crippen LogP contribution in [-0.2, 0) is 6.42 Å². The van der Waals surface area contributed by atoms with Crippen LogP contribution in [0.1, 0.15) is 30.4 Å². The Morgan fingerprint density at radius 1 is 1.25 bits per heavy atom. The van der Waals surface area contributed by atoms with Crippen molar-refractivity contribution in [3.05, 3.63) is 23.3 Å². The van der Waals surface area contributed by atoms with Gasteiger partial charge in [0.15, 0.2) is 0 Å². The molecule has 1 aromatic rings. The number of hydrogen-bond acceptors (Lipinski definition) is 3. The first kappa shape index (κ1) is 11.3. The summed E-state index contributed by atoms with van der Waals surface area (Å²) < 4.78 is 0. The van der Waals surface area contributed by atoms with E-state index in [9.17, 15) is 10.2 Å². The fourth-order valence-electron chi connectivity index (χ4n) is 2.25. The van der Waals surface area contributed by atoms with E-state index in [0.29, 0.717) is 11.8 Å². The lowest BCUT2D eigenvalue weighted by Gasteiger charge is -2.23. The molecule has 0 amide bonds. The van der Waals surface area contributed by atoms with Crippen molar-refractivity contribution in [3.8, 4) is 11.5 Å². The molecule has 0 aromatic heterocycles. The van der Waals surface area contributed by atoms with E-state index in [1.165, 1.54) is 12.8 Å². The van der Waals surface area contributed by atoms with Gasteiger partial charge in [-0.2, -0.15) is 0 Å². The van der Waals surface area contributed by atoms with Crippen LogP contribution in [0.15, 0.2) is 12.1 Å². The van der Waals surface area contributed by atoms with Crippen LogP contribution in [0.3, 0.4) is 0 Å². The van der Waals surface area contributed by atoms with Crippen LogP contribution in [0.25, 0.3) is 0 Å².